The van der Waals surface area contributed by atoms with Gasteiger partial charge in [-0.2, -0.15) is 0 Å². The molecule has 0 spiro atoms. The number of aryl methyl sites for hydroxylation is 1. The predicted molar refractivity (Wildman–Crippen MR) is 113 cm³/mol. The molecule has 2 heterocycles. The van der Waals surface area contributed by atoms with Crippen LogP contribution in [0.3, 0.4) is 0 Å². The molecule has 0 aliphatic carbocycles. The highest BCUT2D eigenvalue weighted by Crippen LogP contribution is 2.24. The Labute approximate surface area is 168 Å². The van der Waals surface area contributed by atoms with Crippen molar-refractivity contribution < 1.29 is 4.79 Å². The Kier molecular flexibility index (Phi) is 5.76. The number of fused-ring (bicyclic) bond motifs is 1. The Morgan fingerprint density at radius 3 is 2.59 bits per heavy atom. The normalized spacial score (nSPS) is 15.4. The predicted octanol–water partition coefficient (Wildman–Crippen LogP) is 4.04. The molecule has 3 aromatic rings. The fraction of sp³-hybridized carbons (Fsp3) is 0.333. The van der Waals surface area contributed by atoms with Crippen LogP contribution in [0, 0.1) is 6.92 Å². The van der Waals surface area contributed by atoms with Crippen LogP contribution in [0.5, 0.6) is 0 Å². The minimum absolute atomic E-state index is 0.239. The van der Waals surface area contributed by atoms with Crippen LogP contribution in [0.2, 0.25) is 0 Å². The molecule has 0 radical (unpaired) electrons. The van der Waals surface area contributed by atoms with Crippen molar-refractivity contribution in [3.8, 4) is 0 Å². The van der Waals surface area contributed by atoms with Gasteiger partial charge in [0, 0.05) is 31.1 Å². The number of piperazine rings is 1. The second kappa shape index (κ2) is 8.42. The molecule has 0 unspecified atom stereocenters. The molecule has 1 amide bonds. The van der Waals surface area contributed by atoms with E-state index in [0.717, 1.165) is 43.2 Å². The SMILES string of the molecule is Cc1ccccc1SCC(=O)N1CCN(Cc2nc3ccccc3s2)CC1. The zero-order valence-electron chi connectivity index (χ0n) is 15.4. The smallest absolute Gasteiger partial charge is 0.233 e. The molecule has 0 N–H and O–H groups in total. The van der Waals surface area contributed by atoms with E-state index in [-0.39, 0.29) is 5.91 Å². The first-order valence-corrected chi connectivity index (χ1v) is 11.0. The summed E-state index contributed by atoms with van der Waals surface area (Å²) in [6, 6.07) is 16.5. The van der Waals surface area contributed by atoms with Gasteiger partial charge < -0.3 is 4.90 Å². The second-order valence-corrected chi connectivity index (χ2v) is 8.92. The maximum atomic E-state index is 12.5. The largest absolute Gasteiger partial charge is 0.339 e. The molecular formula is C21H23N3OS2. The van der Waals surface area contributed by atoms with Crippen LogP contribution in [-0.4, -0.2) is 52.6 Å². The molecule has 2 aromatic carbocycles. The minimum Gasteiger partial charge on any atom is -0.339 e. The summed E-state index contributed by atoms with van der Waals surface area (Å²) in [4.78, 5) is 22.9. The van der Waals surface area contributed by atoms with Crippen molar-refractivity contribution in [2.24, 2.45) is 0 Å². The Morgan fingerprint density at radius 2 is 1.81 bits per heavy atom. The number of thiazole rings is 1. The molecule has 0 saturated carbocycles. The molecule has 1 fully saturated rings. The van der Waals surface area contributed by atoms with E-state index in [1.807, 2.05) is 23.1 Å². The molecule has 4 rings (SSSR count). The van der Waals surface area contributed by atoms with E-state index >= 15 is 0 Å². The number of carbonyl (C=O) groups is 1. The average Bonchev–Trinajstić information content (AvgIpc) is 3.10. The number of hydrogen-bond donors (Lipinski definition) is 0. The van der Waals surface area contributed by atoms with Gasteiger partial charge in [-0.15, -0.1) is 23.1 Å². The zero-order valence-corrected chi connectivity index (χ0v) is 17.1. The number of benzene rings is 2. The number of amides is 1. The fourth-order valence-corrected chi connectivity index (χ4v) is 5.23. The number of para-hydroxylation sites is 1. The summed E-state index contributed by atoms with van der Waals surface area (Å²) < 4.78 is 1.24. The van der Waals surface area contributed by atoms with Crippen LogP contribution < -0.4 is 0 Å². The fourth-order valence-electron chi connectivity index (χ4n) is 3.28. The highest BCUT2D eigenvalue weighted by atomic mass is 32.2. The van der Waals surface area contributed by atoms with Gasteiger partial charge >= 0.3 is 0 Å². The van der Waals surface area contributed by atoms with Crippen LogP contribution in [0.15, 0.2) is 53.4 Å². The summed E-state index contributed by atoms with van der Waals surface area (Å²) in [5.74, 6) is 0.755. The Balaban J connectivity index is 1.27. The molecule has 6 heteroatoms. The summed E-state index contributed by atoms with van der Waals surface area (Å²) >= 11 is 3.41. The van der Waals surface area contributed by atoms with Gasteiger partial charge in [0.1, 0.15) is 5.01 Å². The van der Waals surface area contributed by atoms with Gasteiger partial charge in [0.2, 0.25) is 5.91 Å². The van der Waals surface area contributed by atoms with Crippen LogP contribution in [0.25, 0.3) is 10.2 Å². The van der Waals surface area contributed by atoms with E-state index in [1.54, 1.807) is 23.1 Å². The van der Waals surface area contributed by atoms with E-state index in [4.69, 9.17) is 4.98 Å². The van der Waals surface area contributed by atoms with Crippen LogP contribution in [0.1, 0.15) is 10.6 Å². The van der Waals surface area contributed by atoms with Crippen molar-refractivity contribution >= 4 is 39.2 Å². The third-order valence-electron chi connectivity index (χ3n) is 4.87. The minimum atomic E-state index is 0.239. The highest BCUT2D eigenvalue weighted by molar-refractivity contribution is 8.00. The summed E-state index contributed by atoms with van der Waals surface area (Å²) in [6.45, 7) is 6.40. The molecule has 0 bridgehead atoms. The average molecular weight is 398 g/mol. The van der Waals surface area contributed by atoms with Gasteiger partial charge in [0.05, 0.1) is 22.5 Å². The van der Waals surface area contributed by atoms with Gasteiger partial charge in [-0.1, -0.05) is 30.3 Å². The number of carbonyl (C=O) groups excluding carboxylic acids is 1. The van der Waals surface area contributed by atoms with Gasteiger partial charge in [-0.05, 0) is 30.7 Å². The van der Waals surface area contributed by atoms with Crippen LogP contribution in [0.4, 0.5) is 0 Å². The Bertz CT molecular complexity index is 899. The first kappa shape index (κ1) is 18.5. The molecule has 4 nitrogen and oxygen atoms in total. The van der Waals surface area contributed by atoms with Gasteiger partial charge in [-0.25, -0.2) is 4.98 Å². The lowest BCUT2D eigenvalue weighted by Gasteiger charge is -2.34. The summed E-state index contributed by atoms with van der Waals surface area (Å²) in [5, 5.41) is 1.16. The number of thioether (sulfide) groups is 1. The van der Waals surface area contributed by atoms with Crippen molar-refractivity contribution in [2.45, 2.75) is 18.4 Å². The van der Waals surface area contributed by atoms with Crippen molar-refractivity contribution in [3.05, 3.63) is 59.1 Å². The molecule has 1 aliphatic heterocycles. The van der Waals surface area contributed by atoms with Gasteiger partial charge in [-0.3, -0.25) is 9.69 Å². The van der Waals surface area contributed by atoms with E-state index in [1.165, 1.54) is 15.2 Å². The highest BCUT2D eigenvalue weighted by Gasteiger charge is 2.22. The first-order chi connectivity index (χ1) is 13.2. The van der Waals surface area contributed by atoms with E-state index in [0.29, 0.717) is 5.75 Å². The van der Waals surface area contributed by atoms with Crippen LogP contribution >= 0.6 is 23.1 Å². The molecule has 1 saturated heterocycles. The van der Waals surface area contributed by atoms with Crippen molar-refractivity contribution in [1.29, 1.82) is 0 Å². The lowest BCUT2D eigenvalue weighted by atomic mass is 10.2. The standard InChI is InChI=1S/C21H23N3OS2/c1-16-6-2-4-8-18(16)26-15-21(25)24-12-10-23(11-13-24)14-20-22-17-7-3-5-9-19(17)27-20/h2-9H,10-15H2,1H3. The van der Waals surface area contributed by atoms with Crippen molar-refractivity contribution in [3.63, 3.8) is 0 Å². The lowest BCUT2D eigenvalue weighted by molar-refractivity contribution is -0.130. The second-order valence-electron chi connectivity index (χ2n) is 6.79. The first-order valence-electron chi connectivity index (χ1n) is 9.22. The van der Waals surface area contributed by atoms with Gasteiger partial charge in [0.25, 0.3) is 0 Å². The maximum absolute atomic E-state index is 12.5. The monoisotopic (exact) mass is 397 g/mol. The van der Waals surface area contributed by atoms with Crippen molar-refractivity contribution in [2.75, 3.05) is 31.9 Å². The van der Waals surface area contributed by atoms with E-state index < -0.39 is 0 Å². The molecular weight excluding hydrogens is 374 g/mol. The number of nitrogens with zero attached hydrogens (tertiary/aromatic N) is 3. The van der Waals surface area contributed by atoms with E-state index in [9.17, 15) is 4.79 Å². The summed E-state index contributed by atoms with van der Waals surface area (Å²) in [6.07, 6.45) is 0. The zero-order chi connectivity index (χ0) is 18.6. The molecule has 1 aliphatic rings. The molecule has 1 aromatic heterocycles. The van der Waals surface area contributed by atoms with Crippen LogP contribution in [-0.2, 0) is 11.3 Å². The van der Waals surface area contributed by atoms with Crippen molar-refractivity contribution in [1.82, 2.24) is 14.8 Å². The third-order valence-corrected chi connectivity index (χ3v) is 7.05. The Hall–Kier alpha value is -1.89. The number of rotatable bonds is 5. The molecule has 140 valence electrons. The molecule has 27 heavy (non-hydrogen) atoms. The quantitative estimate of drug-likeness (QED) is 0.609. The summed E-state index contributed by atoms with van der Waals surface area (Å²) in [5.41, 5.74) is 2.32. The molecule has 0 atom stereocenters. The Morgan fingerprint density at radius 1 is 1.07 bits per heavy atom. The summed E-state index contributed by atoms with van der Waals surface area (Å²) in [7, 11) is 0. The van der Waals surface area contributed by atoms with E-state index in [2.05, 4.69) is 42.2 Å². The van der Waals surface area contributed by atoms with Gasteiger partial charge in [0.15, 0.2) is 0 Å². The topological polar surface area (TPSA) is 36.4 Å². The maximum Gasteiger partial charge on any atom is 0.233 e. The lowest BCUT2D eigenvalue weighted by Crippen LogP contribution is -2.48. The number of hydrogen-bond acceptors (Lipinski definition) is 5. The number of aromatic nitrogens is 1. The third kappa shape index (κ3) is 4.51.